The molecule has 172 valence electrons. The molecule has 0 heterocycles. The zero-order valence-electron chi connectivity index (χ0n) is 19.9. The molecule has 32 heavy (non-hydrogen) atoms. The third-order valence-corrected chi connectivity index (χ3v) is 5.91. The molecule has 5 heteroatoms. The third-order valence-electron chi connectivity index (χ3n) is 5.91. The Kier molecular flexibility index (Phi) is 7.60. The van der Waals surface area contributed by atoms with E-state index < -0.39 is 11.7 Å². The Bertz CT molecular complexity index is 901. The predicted octanol–water partition coefficient (Wildman–Crippen LogP) is 5.71. The Balaban J connectivity index is 1.76. The lowest BCUT2D eigenvalue weighted by Crippen LogP contribution is -2.46. The predicted molar refractivity (Wildman–Crippen MR) is 127 cm³/mol. The van der Waals surface area contributed by atoms with Gasteiger partial charge in [0.25, 0.3) is 0 Å². The van der Waals surface area contributed by atoms with E-state index in [1.165, 1.54) is 5.56 Å². The average Bonchev–Trinajstić information content (AvgIpc) is 3.19. The van der Waals surface area contributed by atoms with E-state index in [1.807, 2.05) is 51.1 Å². The monoisotopic (exact) mass is 436 g/mol. The van der Waals surface area contributed by atoms with Crippen molar-refractivity contribution >= 4 is 12.0 Å². The molecule has 2 aromatic rings. The highest BCUT2D eigenvalue weighted by atomic mass is 16.6. The molecular formula is C27H36N2O3. The van der Waals surface area contributed by atoms with Gasteiger partial charge in [0, 0.05) is 6.04 Å². The number of nitrogens with one attached hydrogen (secondary N) is 2. The Morgan fingerprint density at radius 2 is 1.50 bits per heavy atom. The van der Waals surface area contributed by atoms with Gasteiger partial charge in [0.05, 0.1) is 12.0 Å². The summed E-state index contributed by atoms with van der Waals surface area (Å²) in [6.07, 6.45) is 1.96. The van der Waals surface area contributed by atoms with E-state index in [1.54, 1.807) is 0 Å². The second-order valence-electron chi connectivity index (χ2n) is 9.96. The summed E-state index contributed by atoms with van der Waals surface area (Å²) in [5.74, 6) is 0.140. The highest BCUT2D eigenvalue weighted by Crippen LogP contribution is 2.29. The summed E-state index contributed by atoms with van der Waals surface area (Å²) >= 11 is 0. The number of carbonyl (C=O) groups excluding carboxylic acids is 2. The number of carbonyl (C=O) groups is 2. The molecule has 1 saturated carbocycles. The second kappa shape index (κ2) is 10.2. The number of alkyl carbamates (subject to hydrolysis) is 1. The molecule has 3 atom stereocenters. The molecule has 0 unspecified atom stereocenters. The molecule has 2 aromatic carbocycles. The largest absolute Gasteiger partial charge is 0.444 e. The van der Waals surface area contributed by atoms with E-state index >= 15 is 0 Å². The Morgan fingerprint density at radius 1 is 0.906 bits per heavy atom. The Morgan fingerprint density at radius 3 is 2.09 bits per heavy atom. The van der Waals surface area contributed by atoms with Crippen LogP contribution in [0, 0.1) is 5.92 Å². The zero-order chi connectivity index (χ0) is 23.3. The van der Waals surface area contributed by atoms with E-state index in [4.69, 9.17) is 4.74 Å². The van der Waals surface area contributed by atoms with E-state index in [0.717, 1.165) is 30.4 Å². The maximum absolute atomic E-state index is 13.4. The number of hydrogen-bond donors (Lipinski definition) is 2. The fourth-order valence-electron chi connectivity index (χ4n) is 4.23. The first-order valence-corrected chi connectivity index (χ1v) is 11.6. The summed E-state index contributed by atoms with van der Waals surface area (Å²) < 4.78 is 5.40. The van der Waals surface area contributed by atoms with Gasteiger partial charge in [0.1, 0.15) is 5.60 Å². The van der Waals surface area contributed by atoms with Gasteiger partial charge < -0.3 is 15.4 Å². The lowest BCUT2D eigenvalue weighted by Gasteiger charge is -2.26. The molecule has 1 fully saturated rings. The van der Waals surface area contributed by atoms with Crippen LogP contribution >= 0.6 is 0 Å². The molecule has 0 spiro atoms. The van der Waals surface area contributed by atoms with Gasteiger partial charge in [0.15, 0.2) is 0 Å². The van der Waals surface area contributed by atoms with Gasteiger partial charge in [-0.2, -0.15) is 0 Å². The van der Waals surface area contributed by atoms with Crippen LogP contribution in [0.2, 0.25) is 0 Å². The van der Waals surface area contributed by atoms with Crippen molar-refractivity contribution in [3.05, 3.63) is 71.3 Å². The molecule has 2 N–H and O–H groups in total. The minimum absolute atomic E-state index is 0.0367. The highest BCUT2D eigenvalue weighted by molar-refractivity contribution is 5.81. The van der Waals surface area contributed by atoms with Gasteiger partial charge in [-0.15, -0.1) is 0 Å². The molecule has 0 aromatic heterocycles. The van der Waals surface area contributed by atoms with Crippen LogP contribution in [0.5, 0.6) is 0 Å². The fourth-order valence-corrected chi connectivity index (χ4v) is 4.23. The van der Waals surface area contributed by atoms with Gasteiger partial charge >= 0.3 is 6.09 Å². The van der Waals surface area contributed by atoms with Crippen LogP contribution in [0.4, 0.5) is 4.79 Å². The molecule has 1 aliphatic rings. The van der Waals surface area contributed by atoms with Gasteiger partial charge in [0.2, 0.25) is 5.91 Å². The van der Waals surface area contributed by atoms with Crippen molar-refractivity contribution in [1.29, 1.82) is 0 Å². The number of benzene rings is 2. The maximum Gasteiger partial charge on any atom is 0.407 e. The molecule has 0 aliphatic heterocycles. The summed E-state index contributed by atoms with van der Waals surface area (Å²) in [5.41, 5.74) is 2.78. The summed E-state index contributed by atoms with van der Waals surface area (Å²) in [4.78, 5) is 25.6. The van der Waals surface area contributed by atoms with Gasteiger partial charge in [-0.25, -0.2) is 4.79 Å². The standard InChI is InChI=1S/C27H36N2O3/c1-18(2)19-14-16-21(17-15-19)24(20-10-7-6-8-11-20)29-25(30)22-12-9-13-23(22)28-26(31)32-27(3,4)5/h6-8,10-11,14-18,22-24H,9,12-13H2,1-5H3,(H,28,31)(H,29,30)/t22-,23+,24+/m1/s1. The topological polar surface area (TPSA) is 67.4 Å². The van der Waals surface area contributed by atoms with Crippen LogP contribution in [-0.2, 0) is 9.53 Å². The molecule has 3 rings (SSSR count). The van der Waals surface area contributed by atoms with Crippen LogP contribution in [0.15, 0.2) is 54.6 Å². The fraction of sp³-hybridized carbons (Fsp3) is 0.481. The number of ether oxygens (including phenoxy) is 1. The molecule has 5 nitrogen and oxygen atoms in total. The van der Waals surface area contributed by atoms with Crippen molar-refractivity contribution in [3.63, 3.8) is 0 Å². The third kappa shape index (κ3) is 6.35. The van der Waals surface area contributed by atoms with Crippen molar-refractivity contribution in [2.24, 2.45) is 5.92 Å². The number of amides is 2. The maximum atomic E-state index is 13.4. The molecule has 0 saturated heterocycles. The minimum atomic E-state index is -0.568. The average molecular weight is 437 g/mol. The van der Waals surface area contributed by atoms with Crippen molar-refractivity contribution in [1.82, 2.24) is 10.6 Å². The molecule has 1 aliphatic carbocycles. The van der Waals surface area contributed by atoms with Crippen LogP contribution in [0.1, 0.15) is 82.5 Å². The first-order chi connectivity index (χ1) is 15.1. The van der Waals surface area contributed by atoms with E-state index in [9.17, 15) is 9.59 Å². The number of hydrogen-bond acceptors (Lipinski definition) is 3. The first kappa shape index (κ1) is 23.8. The second-order valence-corrected chi connectivity index (χ2v) is 9.96. The first-order valence-electron chi connectivity index (χ1n) is 11.6. The Hall–Kier alpha value is -2.82. The zero-order valence-corrected chi connectivity index (χ0v) is 19.9. The van der Waals surface area contributed by atoms with Crippen molar-refractivity contribution in [2.45, 2.75) is 77.5 Å². The van der Waals surface area contributed by atoms with Crippen molar-refractivity contribution in [3.8, 4) is 0 Å². The van der Waals surface area contributed by atoms with E-state index in [-0.39, 0.29) is 23.9 Å². The summed E-state index contributed by atoms with van der Waals surface area (Å²) in [7, 11) is 0. The Labute approximate surface area is 191 Å². The lowest BCUT2D eigenvalue weighted by molar-refractivity contribution is -0.125. The van der Waals surface area contributed by atoms with Crippen LogP contribution in [0.25, 0.3) is 0 Å². The number of rotatable bonds is 6. The molecule has 0 radical (unpaired) electrons. The normalized spacial score (nSPS) is 19.4. The van der Waals surface area contributed by atoms with E-state index in [0.29, 0.717) is 5.92 Å². The quantitative estimate of drug-likeness (QED) is 0.609. The SMILES string of the molecule is CC(C)c1ccc([C@@H](NC(=O)[C@@H]2CCC[C@@H]2NC(=O)OC(C)(C)C)c2ccccc2)cc1. The summed E-state index contributed by atoms with van der Waals surface area (Å²) in [5, 5.41) is 6.18. The molecular weight excluding hydrogens is 400 g/mol. The van der Waals surface area contributed by atoms with Crippen molar-refractivity contribution in [2.75, 3.05) is 0 Å². The van der Waals surface area contributed by atoms with Gasteiger partial charge in [-0.1, -0.05) is 74.9 Å². The van der Waals surface area contributed by atoms with Gasteiger partial charge in [-0.3, -0.25) is 4.79 Å². The summed E-state index contributed by atoms with van der Waals surface area (Å²) in [6, 6.07) is 18.0. The van der Waals surface area contributed by atoms with Gasteiger partial charge in [-0.05, 0) is 56.2 Å². The molecule has 2 amide bonds. The van der Waals surface area contributed by atoms with E-state index in [2.05, 4.69) is 48.7 Å². The highest BCUT2D eigenvalue weighted by Gasteiger charge is 2.36. The van der Waals surface area contributed by atoms with Crippen LogP contribution in [-0.4, -0.2) is 23.6 Å². The van der Waals surface area contributed by atoms with Crippen molar-refractivity contribution < 1.29 is 14.3 Å². The molecule has 0 bridgehead atoms. The van der Waals surface area contributed by atoms with Crippen LogP contribution < -0.4 is 10.6 Å². The smallest absolute Gasteiger partial charge is 0.407 e. The van der Waals surface area contributed by atoms with Crippen LogP contribution in [0.3, 0.4) is 0 Å². The lowest BCUT2D eigenvalue weighted by atomic mass is 9.94. The summed E-state index contributed by atoms with van der Waals surface area (Å²) in [6.45, 7) is 9.84. The minimum Gasteiger partial charge on any atom is -0.444 e.